The Labute approximate surface area is 129 Å². The Morgan fingerprint density at radius 2 is 1.95 bits per heavy atom. The van der Waals surface area contributed by atoms with E-state index < -0.39 is 0 Å². The summed E-state index contributed by atoms with van der Waals surface area (Å²) >= 11 is 3.50. The number of nitrogens with one attached hydrogen (secondary N) is 1. The molecule has 5 heteroatoms. The van der Waals surface area contributed by atoms with E-state index in [4.69, 9.17) is 11.1 Å². The molecule has 1 heterocycles. The predicted molar refractivity (Wildman–Crippen MR) is 88.6 cm³/mol. The van der Waals surface area contributed by atoms with Crippen molar-refractivity contribution in [1.82, 2.24) is 4.90 Å². The molecular formula is C15H23BrN4. The van der Waals surface area contributed by atoms with E-state index in [1.165, 1.54) is 12.2 Å². The fourth-order valence-corrected chi connectivity index (χ4v) is 3.20. The Bertz CT molecular complexity index is 479. The Kier molecular flexibility index (Phi) is 5.05. The molecule has 0 atom stereocenters. The van der Waals surface area contributed by atoms with Crippen molar-refractivity contribution in [3.05, 3.63) is 28.2 Å². The van der Waals surface area contributed by atoms with Crippen LogP contribution in [0.1, 0.15) is 19.4 Å². The monoisotopic (exact) mass is 338 g/mol. The molecule has 0 bridgehead atoms. The van der Waals surface area contributed by atoms with E-state index in [1.807, 2.05) is 6.07 Å². The number of piperazine rings is 1. The summed E-state index contributed by atoms with van der Waals surface area (Å²) in [7, 11) is 0. The van der Waals surface area contributed by atoms with E-state index in [1.54, 1.807) is 0 Å². The van der Waals surface area contributed by atoms with Crippen LogP contribution in [-0.2, 0) is 0 Å². The molecule has 1 aliphatic heterocycles. The lowest BCUT2D eigenvalue weighted by atomic mass is 10.1. The van der Waals surface area contributed by atoms with Gasteiger partial charge in [0.05, 0.1) is 0 Å². The van der Waals surface area contributed by atoms with Gasteiger partial charge >= 0.3 is 0 Å². The molecule has 110 valence electrons. The van der Waals surface area contributed by atoms with Crippen LogP contribution in [0.3, 0.4) is 0 Å². The molecule has 1 saturated heterocycles. The highest BCUT2D eigenvalue weighted by atomic mass is 79.9. The van der Waals surface area contributed by atoms with Crippen LogP contribution in [0.2, 0.25) is 0 Å². The smallest absolute Gasteiger partial charge is 0.123 e. The predicted octanol–water partition coefficient (Wildman–Crippen LogP) is 2.51. The van der Waals surface area contributed by atoms with E-state index in [-0.39, 0.29) is 5.84 Å². The van der Waals surface area contributed by atoms with Gasteiger partial charge in [0.1, 0.15) is 5.84 Å². The van der Waals surface area contributed by atoms with Gasteiger partial charge in [-0.2, -0.15) is 0 Å². The van der Waals surface area contributed by atoms with Gasteiger partial charge in [0.25, 0.3) is 0 Å². The van der Waals surface area contributed by atoms with Gasteiger partial charge in [0, 0.05) is 48.4 Å². The first kappa shape index (κ1) is 15.3. The third-order valence-corrected chi connectivity index (χ3v) is 4.26. The minimum atomic E-state index is 0.102. The lowest BCUT2D eigenvalue weighted by Gasteiger charge is -2.37. The van der Waals surface area contributed by atoms with Gasteiger partial charge in [0.15, 0.2) is 0 Å². The molecule has 2 rings (SSSR count). The van der Waals surface area contributed by atoms with Gasteiger partial charge in [-0.1, -0.05) is 13.8 Å². The second kappa shape index (κ2) is 6.59. The SMILES string of the molecule is CC(C)CN1CCN(c2ccc(C(=N)N)c(Br)c2)CC1. The maximum atomic E-state index is 7.51. The van der Waals surface area contributed by atoms with Crippen LogP contribution in [0.5, 0.6) is 0 Å². The average molecular weight is 339 g/mol. The Morgan fingerprint density at radius 1 is 1.30 bits per heavy atom. The van der Waals surface area contributed by atoms with Crippen LogP contribution >= 0.6 is 15.9 Å². The van der Waals surface area contributed by atoms with Crippen molar-refractivity contribution < 1.29 is 0 Å². The van der Waals surface area contributed by atoms with Gasteiger partial charge in [-0.05, 0) is 40.0 Å². The zero-order valence-corrected chi connectivity index (χ0v) is 13.8. The summed E-state index contributed by atoms with van der Waals surface area (Å²) in [6.07, 6.45) is 0. The maximum absolute atomic E-state index is 7.51. The normalized spacial score (nSPS) is 16.7. The molecule has 20 heavy (non-hydrogen) atoms. The summed E-state index contributed by atoms with van der Waals surface area (Å²) in [4.78, 5) is 4.92. The van der Waals surface area contributed by atoms with Gasteiger partial charge < -0.3 is 10.6 Å². The van der Waals surface area contributed by atoms with Crippen molar-refractivity contribution in [2.75, 3.05) is 37.6 Å². The highest BCUT2D eigenvalue weighted by molar-refractivity contribution is 9.10. The van der Waals surface area contributed by atoms with Crippen LogP contribution < -0.4 is 10.6 Å². The third-order valence-electron chi connectivity index (χ3n) is 3.60. The molecule has 3 N–H and O–H groups in total. The van der Waals surface area contributed by atoms with Crippen molar-refractivity contribution in [3.8, 4) is 0 Å². The molecule has 1 aliphatic rings. The summed E-state index contributed by atoms with van der Waals surface area (Å²) in [5.74, 6) is 0.829. The average Bonchev–Trinajstić information content (AvgIpc) is 2.38. The zero-order chi connectivity index (χ0) is 14.7. The molecule has 4 nitrogen and oxygen atoms in total. The van der Waals surface area contributed by atoms with Crippen LogP contribution in [0.15, 0.2) is 22.7 Å². The van der Waals surface area contributed by atoms with Crippen molar-refractivity contribution in [2.45, 2.75) is 13.8 Å². The fraction of sp³-hybridized carbons (Fsp3) is 0.533. The highest BCUT2D eigenvalue weighted by Gasteiger charge is 2.18. The summed E-state index contributed by atoms with van der Waals surface area (Å²) in [6, 6.07) is 6.04. The number of nitrogen functional groups attached to an aromatic ring is 1. The number of rotatable bonds is 4. The van der Waals surface area contributed by atoms with Crippen molar-refractivity contribution in [2.24, 2.45) is 11.7 Å². The summed E-state index contributed by atoms with van der Waals surface area (Å²) in [5.41, 5.74) is 7.50. The lowest BCUT2D eigenvalue weighted by Crippen LogP contribution is -2.47. The van der Waals surface area contributed by atoms with Gasteiger partial charge in [-0.25, -0.2) is 0 Å². The number of nitrogens with two attached hydrogens (primary N) is 1. The van der Waals surface area contributed by atoms with E-state index in [2.05, 4.69) is 51.7 Å². The topological polar surface area (TPSA) is 56.4 Å². The quantitative estimate of drug-likeness (QED) is 0.655. The number of halogens is 1. The zero-order valence-electron chi connectivity index (χ0n) is 12.2. The van der Waals surface area contributed by atoms with Crippen LogP contribution in [-0.4, -0.2) is 43.5 Å². The molecule has 0 aliphatic carbocycles. The standard InChI is InChI=1S/C15H23BrN4/c1-11(2)10-19-5-7-20(8-6-19)12-3-4-13(15(17)18)14(16)9-12/h3-4,9,11H,5-8,10H2,1-2H3,(H3,17,18). The van der Waals surface area contributed by atoms with E-state index in [0.717, 1.165) is 42.1 Å². The van der Waals surface area contributed by atoms with Crippen LogP contribution in [0, 0.1) is 11.3 Å². The van der Waals surface area contributed by atoms with Crippen LogP contribution in [0.25, 0.3) is 0 Å². The van der Waals surface area contributed by atoms with Crippen molar-refractivity contribution >= 4 is 27.5 Å². The Balaban J connectivity index is 2.00. The maximum Gasteiger partial charge on any atom is 0.123 e. The third kappa shape index (κ3) is 3.73. The molecule has 0 unspecified atom stereocenters. The second-order valence-corrected chi connectivity index (χ2v) is 6.61. The first-order valence-corrected chi connectivity index (χ1v) is 7.88. The van der Waals surface area contributed by atoms with E-state index in [0.29, 0.717) is 0 Å². The van der Waals surface area contributed by atoms with Gasteiger partial charge in [-0.3, -0.25) is 10.3 Å². The number of hydrogen-bond acceptors (Lipinski definition) is 3. The molecular weight excluding hydrogens is 316 g/mol. The Morgan fingerprint density at radius 3 is 2.45 bits per heavy atom. The minimum Gasteiger partial charge on any atom is -0.384 e. The van der Waals surface area contributed by atoms with Crippen molar-refractivity contribution in [1.29, 1.82) is 5.41 Å². The minimum absolute atomic E-state index is 0.102. The van der Waals surface area contributed by atoms with E-state index in [9.17, 15) is 0 Å². The summed E-state index contributed by atoms with van der Waals surface area (Å²) < 4.78 is 0.895. The highest BCUT2D eigenvalue weighted by Crippen LogP contribution is 2.25. The van der Waals surface area contributed by atoms with Crippen LogP contribution in [0.4, 0.5) is 5.69 Å². The Hall–Kier alpha value is -1.07. The van der Waals surface area contributed by atoms with Gasteiger partial charge in [0.2, 0.25) is 0 Å². The molecule has 0 radical (unpaired) electrons. The largest absolute Gasteiger partial charge is 0.384 e. The molecule has 0 saturated carbocycles. The number of anilines is 1. The van der Waals surface area contributed by atoms with Gasteiger partial charge in [-0.15, -0.1) is 0 Å². The lowest BCUT2D eigenvalue weighted by molar-refractivity contribution is 0.231. The summed E-state index contributed by atoms with van der Waals surface area (Å²) in [6.45, 7) is 10.1. The van der Waals surface area contributed by atoms with Crippen molar-refractivity contribution in [3.63, 3.8) is 0 Å². The van der Waals surface area contributed by atoms with E-state index >= 15 is 0 Å². The first-order valence-electron chi connectivity index (χ1n) is 7.08. The molecule has 0 spiro atoms. The number of nitrogens with zero attached hydrogens (tertiary/aromatic N) is 2. The molecule has 1 aromatic carbocycles. The second-order valence-electron chi connectivity index (χ2n) is 5.76. The molecule has 1 fully saturated rings. The summed E-state index contributed by atoms with van der Waals surface area (Å²) in [5, 5.41) is 7.51. The first-order chi connectivity index (χ1) is 9.47. The molecule has 1 aromatic rings. The number of amidine groups is 1. The molecule has 0 aromatic heterocycles. The molecule has 0 amide bonds. The fourth-order valence-electron chi connectivity index (χ4n) is 2.62. The number of hydrogen-bond donors (Lipinski definition) is 2. The number of benzene rings is 1.